The maximum Gasteiger partial charge on any atom is 0.246 e. The first-order valence-corrected chi connectivity index (χ1v) is 7.30. The van der Waals surface area contributed by atoms with Crippen molar-refractivity contribution in [3.05, 3.63) is 24.0 Å². The molecule has 4 nitrogen and oxygen atoms in total. The van der Waals surface area contributed by atoms with Crippen LogP contribution >= 0.6 is 0 Å². The molecule has 0 heterocycles. The van der Waals surface area contributed by atoms with Crippen LogP contribution in [-0.4, -0.2) is 14.0 Å². The molecule has 1 aromatic rings. The molecular formula is C12H17FN2O2S. The number of nitrogens with two attached hydrogens (primary N) is 1. The lowest BCUT2D eigenvalue weighted by Gasteiger charge is -2.26. The second kappa shape index (κ2) is 4.20. The first kappa shape index (κ1) is 13.3. The van der Waals surface area contributed by atoms with Gasteiger partial charge < -0.3 is 5.73 Å². The minimum atomic E-state index is -3.93. The maximum atomic E-state index is 13.6. The third-order valence-electron chi connectivity index (χ3n) is 3.26. The SMILES string of the molecule is CC(C)(NS(=O)(=O)c1c(N)cccc1F)C1CC1. The van der Waals surface area contributed by atoms with E-state index < -0.39 is 26.3 Å². The average molecular weight is 272 g/mol. The molecule has 0 unspecified atom stereocenters. The van der Waals surface area contributed by atoms with Crippen LogP contribution in [0.3, 0.4) is 0 Å². The summed E-state index contributed by atoms with van der Waals surface area (Å²) < 4.78 is 40.6. The van der Waals surface area contributed by atoms with E-state index in [0.717, 1.165) is 18.9 Å². The molecule has 0 atom stereocenters. The molecule has 6 heteroatoms. The summed E-state index contributed by atoms with van der Waals surface area (Å²) in [5.74, 6) is -0.519. The van der Waals surface area contributed by atoms with E-state index in [0.29, 0.717) is 5.92 Å². The molecule has 1 aliphatic rings. The normalized spacial score (nSPS) is 16.8. The molecule has 0 spiro atoms. The Balaban J connectivity index is 2.37. The Bertz CT molecular complexity index is 545. The Labute approximate surface area is 106 Å². The van der Waals surface area contributed by atoms with Crippen LogP contribution in [0.1, 0.15) is 26.7 Å². The molecule has 1 saturated carbocycles. The maximum absolute atomic E-state index is 13.6. The highest BCUT2D eigenvalue weighted by Gasteiger charge is 2.41. The highest BCUT2D eigenvalue weighted by Crippen LogP contribution is 2.40. The summed E-state index contributed by atoms with van der Waals surface area (Å²) in [5.41, 5.74) is 4.91. The van der Waals surface area contributed by atoms with Gasteiger partial charge in [0, 0.05) is 5.54 Å². The Morgan fingerprint density at radius 3 is 2.50 bits per heavy atom. The Hall–Kier alpha value is -1.14. The van der Waals surface area contributed by atoms with Crippen molar-refractivity contribution in [2.24, 2.45) is 5.92 Å². The van der Waals surface area contributed by atoms with Gasteiger partial charge in [0.25, 0.3) is 0 Å². The first-order chi connectivity index (χ1) is 8.24. The number of hydrogen-bond donors (Lipinski definition) is 2. The summed E-state index contributed by atoms with van der Waals surface area (Å²) in [6.07, 6.45) is 1.98. The molecular weight excluding hydrogens is 255 g/mol. The molecule has 0 aromatic heterocycles. The Kier molecular flexibility index (Phi) is 3.11. The molecule has 3 N–H and O–H groups in total. The molecule has 0 aliphatic heterocycles. The van der Waals surface area contributed by atoms with Crippen LogP contribution in [0, 0.1) is 11.7 Å². The fraction of sp³-hybridized carbons (Fsp3) is 0.500. The number of nitrogens with one attached hydrogen (secondary N) is 1. The van der Waals surface area contributed by atoms with E-state index in [1.807, 2.05) is 0 Å². The number of rotatable bonds is 4. The number of anilines is 1. The van der Waals surface area contributed by atoms with Gasteiger partial charge in [-0.3, -0.25) is 0 Å². The van der Waals surface area contributed by atoms with Gasteiger partial charge in [0.05, 0.1) is 5.69 Å². The van der Waals surface area contributed by atoms with E-state index in [-0.39, 0.29) is 5.69 Å². The van der Waals surface area contributed by atoms with Crippen LogP contribution in [0.2, 0.25) is 0 Å². The monoisotopic (exact) mass is 272 g/mol. The molecule has 0 amide bonds. The zero-order chi connectivity index (χ0) is 13.6. The number of hydrogen-bond acceptors (Lipinski definition) is 3. The topological polar surface area (TPSA) is 72.2 Å². The quantitative estimate of drug-likeness (QED) is 0.822. The van der Waals surface area contributed by atoms with E-state index in [9.17, 15) is 12.8 Å². The zero-order valence-electron chi connectivity index (χ0n) is 10.4. The molecule has 18 heavy (non-hydrogen) atoms. The van der Waals surface area contributed by atoms with Crippen LogP contribution in [0.15, 0.2) is 23.1 Å². The van der Waals surface area contributed by atoms with E-state index in [2.05, 4.69) is 4.72 Å². The van der Waals surface area contributed by atoms with E-state index in [1.165, 1.54) is 12.1 Å². The van der Waals surface area contributed by atoms with Gasteiger partial charge in [0.2, 0.25) is 10.0 Å². The zero-order valence-corrected chi connectivity index (χ0v) is 11.2. The summed E-state index contributed by atoms with van der Waals surface area (Å²) in [6.45, 7) is 3.61. The number of nitrogen functional groups attached to an aromatic ring is 1. The molecule has 0 saturated heterocycles. The van der Waals surface area contributed by atoms with Gasteiger partial charge in [-0.05, 0) is 44.7 Å². The highest BCUT2D eigenvalue weighted by molar-refractivity contribution is 7.89. The molecule has 1 fully saturated rings. The van der Waals surface area contributed by atoms with Crippen molar-refractivity contribution < 1.29 is 12.8 Å². The molecule has 100 valence electrons. The van der Waals surface area contributed by atoms with E-state index in [4.69, 9.17) is 5.73 Å². The van der Waals surface area contributed by atoms with Crippen LogP contribution in [0.4, 0.5) is 10.1 Å². The van der Waals surface area contributed by atoms with Crippen LogP contribution in [0.5, 0.6) is 0 Å². The fourth-order valence-corrected chi connectivity index (χ4v) is 3.76. The molecule has 0 bridgehead atoms. The number of halogens is 1. The van der Waals surface area contributed by atoms with Gasteiger partial charge in [-0.25, -0.2) is 17.5 Å². The van der Waals surface area contributed by atoms with Crippen molar-refractivity contribution >= 4 is 15.7 Å². The smallest absolute Gasteiger partial charge is 0.246 e. The van der Waals surface area contributed by atoms with Gasteiger partial charge >= 0.3 is 0 Å². The van der Waals surface area contributed by atoms with Crippen molar-refractivity contribution in [3.63, 3.8) is 0 Å². The minimum absolute atomic E-state index is 0.0749. The van der Waals surface area contributed by atoms with Gasteiger partial charge in [-0.1, -0.05) is 6.07 Å². The lowest BCUT2D eigenvalue weighted by Crippen LogP contribution is -2.45. The van der Waals surface area contributed by atoms with Crippen molar-refractivity contribution in [2.75, 3.05) is 5.73 Å². The van der Waals surface area contributed by atoms with Crippen molar-refractivity contribution in [1.82, 2.24) is 4.72 Å². The molecule has 1 aliphatic carbocycles. The van der Waals surface area contributed by atoms with Crippen molar-refractivity contribution in [2.45, 2.75) is 37.1 Å². The van der Waals surface area contributed by atoms with Crippen molar-refractivity contribution in [1.29, 1.82) is 0 Å². The Morgan fingerprint density at radius 2 is 2.00 bits per heavy atom. The third-order valence-corrected chi connectivity index (χ3v) is 5.02. The molecule has 0 radical (unpaired) electrons. The average Bonchev–Trinajstić information content (AvgIpc) is 2.97. The predicted molar refractivity (Wildman–Crippen MR) is 67.9 cm³/mol. The van der Waals surface area contributed by atoms with Gasteiger partial charge in [-0.15, -0.1) is 0 Å². The first-order valence-electron chi connectivity index (χ1n) is 5.82. The third kappa shape index (κ3) is 2.49. The summed E-state index contributed by atoms with van der Waals surface area (Å²) in [6, 6.07) is 3.85. The number of sulfonamides is 1. The van der Waals surface area contributed by atoms with Gasteiger partial charge in [-0.2, -0.15) is 0 Å². The fourth-order valence-electron chi connectivity index (χ4n) is 2.09. The lowest BCUT2D eigenvalue weighted by molar-refractivity contribution is 0.399. The second-order valence-electron chi connectivity index (χ2n) is 5.26. The summed E-state index contributed by atoms with van der Waals surface area (Å²) in [7, 11) is -3.93. The minimum Gasteiger partial charge on any atom is -0.398 e. The largest absolute Gasteiger partial charge is 0.398 e. The van der Waals surface area contributed by atoms with Gasteiger partial charge in [0.15, 0.2) is 0 Å². The predicted octanol–water partition coefficient (Wildman–Crippen LogP) is 1.87. The van der Waals surface area contributed by atoms with Crippen molar-refractivity contribution in [3.8, 4) is 0 Å². The Morgan fingerprint density at radius 1 is 1.39 bits per heavy atom. The second-order valence-corrected chi connectivity index (χ2v) is 6.88. The lowest BCUT2D eigenvalue weighted by atomic mass is 10.0. The highest BCUT2D eigenvalue weighted by atomic mass is 32.2. The van der Waals surface area contributed by atoms with Crippen LogP contribution in [0.25, 0.3) is 0 Å². The van der Waals surface area contributed by atoms with Gasteiger partial charge in [0.1, 0.15) is 10.7 Å². The molecule has 1 aromatic carbocycles. The summed E-state index contributed by atoms with van der Waals surface area (Å²) in [5, 5.41) is 0. The van der Waals surface area contributed by atoms with E-state index >= 15 is 0 Å². The molecule has 2 rings (SSSR count). The van der Waals surface area contributed by atoms with Crippen LogP contribution in [-0.2, 0) is 10.0 Å². The van der Waals surface area contributed by atoms with E-state index in [1.54, 1.807) is 13.8 Å². The summed E-state index contributed by atoms with van der Waals surface area (Å²) in [4.78, 5) is -0.460. The van der Waals surface area contributed by atoms with Crippen LogP contribution < -0.4 is 10.5 Å². The standard InChI is InChI=1S/C12H17FN2O2S/c1-12(2,8-6-7-8)15-18(16,17)11-9(13)4-3-5-10(11)14/h3-5,8,15H,6-7,14H2,1-2H3. The summed E-state index contributed by atoms with van der Waals surface area (Å²) >= 11 is 0. The number of benzene rings is 1.